The predicted octanol–water partition coefficient (Wildman–Crippen LogP) is 2.18. The van der Waals surface area contributed by atoms with Gasteiger partial charge in [0.1, 0.15) is 15.6 Å². The zero-order valence-electron chi connectivity index (χ0n) is 10.5. The Morgan fingerprint density at radius 2 is 0.947 bits per heavy atom. The molecule has 0 aliphatic carbocycles. The van der Waals surface area contributed by atoms with Crippen molar-refractivity contribution in [1.29, 1.82) is 0 Å². The molecule has 0 spiro atoms. The number of benzene rings is 3. The van der Waals surface area contributed by atoms with Crippen molar-refractivity contribution in [3.8, 4) is 11.1 Å². The summed E-state index contributed by atoms with van der Waals surface area (Å²) in [5.74, 6) is 0. The summed E-state index contributed by atoms with van der Waals surface area (Å²) >= 11 is 0. The molecule has 88 valence electrons. The summed E-state index contributed by atoms with van der Waals surface area (Å²) in [6.45, 7) is 0. The van der Waals surface area contributed by atoms with E-state index in [4.69, 9.17) is 0 Å². The van der Waals surface area contributed by atoms with Gasteiger partial charge in [-0.25, -0.2) is 0 Å². The molecule has 0 bridgehead atoms. The van der Waals surface area contributed by atoms with Crippen LogP contribution in [-0.4, -0.2) is 8.80 Å². The van der Waals surface area contributed by atoms with E-state index in [1.807, 2.05) is 0 Å². The highest BCUT2D eigenvalue weighted by atomic mass is 28.3. The molecule has 0 saturated carbocycles. The summed E-state index contributed by atoms with van der Waals surface area (Å²) in [7, 11) is -0.803. The van der Waals surface area contributed by atoms with E-state index < -0.39 is 8.80 Å². The first-order valence-electron chi connectivity index (χ1n) is 6.57. The first-order valence-corrected chi connectivity index (χ1v) is 8.07. The van der Waals surface area contributed by atoms with E-state index in [9.17, 15) is 0 Å². The molecule has 1 aliphatic rings. The zero-order chi connectivity index (χ0) is 12.7. The zero-order valence-corrected chi connectivity index (χ0v) is 11.5. The fourth-order valence-electron chi connectivity index (χ4n) is 2.93. The molecule has 0 atom stereocenters. The lowest BCUT2D eigenvalue weighted by Crippen LogP contribution is -2.48. The number of hydrogen-bond donors (Lipinski definition) is 0. The van der Waals surface area contributed by atoms with Crippen LogP contribution in [0.4, 0.5) is 0 Å². The van der Waals surface area contributed by atoms with Crippen molar-refractivity contribution in [2.75, 3.05) is 0 Å². The quantitative estimate of drug-likeness (QED) is 0.459. The topological polar surface area (TPSA) is 0 Å². The first kappa shape index (κ1) is 10.8. The Morgan fingerprint density at radius 1 is 0.474 bits per heavy atom. The molecule has 1 aliphatic heterocycles. The van der Waals surface area contributed by atoms with Gasteiger partial charge >= 0.3 is 8.80 Å². The minimum Gasteiger partial charge on any atom is -0.0621 e. The lowest BCUT2D eigenvalue weighted by molar-refractivity contribution is 1.71. The van der Waals surface area contributed by atoms with Crippen LogP contribution < -0.4 is 15.6 Å². The molecule has 4 rings (SSSR count). The summed E-state index contributed by atoms with van der Waals surface area (Å²) < 4.78 is 0. The lowest BCUT2D eigenvalue weighted by atomic mass is 10.1. The van der Waals surface area contributed by atoms with Gasteiger partial charge in [0.2, 0.25) is 0 Å². The monoisotopic (exact) mass is 257 g/mol. The van der Waals surface area contributed by atoms with Gasteiger partial charge in [-0.15, -0.1) is 0 Å². The highest BCUT2D eigenvalue weighted by molar-refractivity contribution is 6.99. The predicted molar refractivity (Wildman–Crippen MR) is 83.0 cm³/mol. The molecular weight excluding hydrogens is 244 g/mol. The summed E-state index contributed by atoms with van der Waals surface area (Å²) in [6, 6.07) is 28.7. The second-order valence-corrected chi connectivity index (χ2v) is 7.24. The molecule has 3 aromatic carbocycles. The number of rotatable bonds is 1. The van der Waals surface area contributed by atoms with Crippen molar-refractivity contribution < 1.29 is 0 Å². The van der Waals surface area contributed by atoms with Crippen LogP contribution in [0.1, 0.15) is 0 Å². The van der Waals surface area contributed by atoms with E-state index in [2.05, 4.69) is 78.9 Å². The Labute approximate surface area is 115 Å². The van der Waals surface area contributed by atoms with E-state index in [0.717, 1.165) is 0 Å². The molecule has 0 radical (unpaired) electrons. The van der Waals surface area contributed by atoms with Crippen LogP contribution in [0.25, 0.3) is 11.1 Å². The Kier molecular flexibility index (Phi) is 2.39. The minimum atomic E-state index is -0.803. The van der Waals surface area contributed by atoms with Crippen LogP contribution in [0.5, 0.6) is 0 Å². The summed E-state index contributed by atoms with van der Waals surface area (Å²) in [5, 5.41) is 4.53. The van der Waals surface area contributed by atoms with Gasteiger partial charge in [0.25, 0.3) is 0 Å². The third kappa shape index (κ3) is 1.59. The maximum Gasteiger partial charge on any atom is 0.430 e. The van der Waals surface area contributed by atoms with Crippen LogP contribution in [-0.2, 0) is 0 Å². The Morgan fingerprint density at radius 3 is 1.53 bits per heavy atom. The van der Waals surface area contributed by atoms with Crippen LogP contribution >= 0.6 is 0 Å². The maximum absolute atomic E-state index is 2.30. The number of hydrogen-bond acceptors (Lipinski definition) is 0. The van der Waals surface area contributed by atoms with Gasteiger partial charge in [0.05, 0.1) is 0 Å². The lowest BCUT2D eigenvalue weighted by Gasteiger charge is -1.97. The molecule has 0 saturated heterocycles. The molecule has 0 fully saturated rings. The summed E-state index contributed by atoms with van der Waals surface area (Å²) in [4.78, 5) is 0. The van der Waals surface area contributed by atoms with Gasteiger partial charge in [0, 0.05) is 11.1 Å². The van der Waals surface area contributed by atoms with E-state index in [-0.39, 0.29) is 0 Å². The molecule has 0 aromatic heterocycles. The van der Waals surface area contributed by atoms with Crippen molar-refractivity contribution in [3.05, 3.63) is 78.9 Å². The first-order chi connectivity index (χ1) is 9.45. The van der Waals surface area contributed by atoms with Crippen molar-refractivity contribution in [1.82, 2.24) is 0 Å². The van der Waals surface area contributed by atoms with E-state index in [1.165, 1.54) is 26.7 Å². The Bertz CT molecular complexity index is 686. The molecule has 1 heterocycles. The highest BCUT2D eigenvalue weighted by Gasteiger charge is 2.45. The van der Waals surface area contributed by atoms with Crippen LogP contribution in [0.15, 0.2) is 78.9 Å². The van der Waals surface area contributed by atoms with Crippen LogP contribution in [0, 0.1) is 0 Å². The summed E-state index contributed by atoms with van der Waals surface area (Å²) in [6.07, 6.45) is 0. The van der Waals surface area contributed by atoms with Gasteiger partial charge in [-0.2, -0.15) is 0 Å². The second-order valence-electron chi connectivity index (χ2n) is 4.83. The third-order valence-corrected chi connectivity index (χ3v) is 6.61. The molecular formula is C18H13Si+. The summed E-state index contributed by atoms with van der Waals surface area (Å²) in [5.41, 5.74) is 2.85. The second kappa shape index (κ2) is 4.21. The highest BCUT2D eigenvalue weighted by Crippen LogP contribution is 2.22. The molecule has 1 heteroatoms. The molecule has 0 nitrogen and oxygen atoms in total. The van der Waals surface area contributed by atoms with Gasteiger partial charge < -0.3 is 0 Å². The fraction of sp³-hybridized carbons (Fsp3) is 0. The van der Waals surface area contributed by atoms with Crippen molar-refractivity contribution in [2.45, 2.75) is 0 Å². The van der Waals surface area contributed by atoms with Crippen LogP contribution in [0.3, 0.4) is 0 Å². The molecule has 19 heavy (non-hydrogen) atoms. The van der Waals surface area contributed by atoms with Gasteiger partial charge in [-0.05, 0) is 24.3 Å². The average molecular weight is 257 g/mol. The van der Waals surface area contributed by atoms with Gasteiger partial charge in [-0.3, -0.25) is 0 Å². The van der Waals surface area contributed by atoms with Crippen molar-refractivity contribution in [3.63, 3.8) is 0 Å². The Hall–Kier alpha value is -2.12. The molecule has 0 unspecified atom stereocenters. The SMILES string of the molecule is c1ccc([Si+]2c3ccccc3-c3ccccc32)cc1. The largest absolute Gasteiger partial charge is 0.430 e. The fourth-order valence-corrected chi connectivity index (χ4v) is 5.87. The molecule has 0 amide bonds. The standard InChI is InChI=1S/C18H13Si/c1-2-8-14(9-3-1)19-17-12-6-4-10-15(17)16-11-5-7-13-18(16)19/h1-13H/q+1. The van der Waals surface area contributed by atoms with E-state index in [0.29, 0.717) is 0 Å². The van der Waals surface area contributed by atoms with Crippen molar-refractivity contribution >= 4 is 24.4 Å². The third-order valence-electron chi connectivity index (χ3n) is 3.75. The smallest absolute Gasteiger partial charge is 0.0621 e. The normalized spacial score (nSPS) is 12.1. The molecule has 3 aromatic rings. The maximum atomic E-state index is 2.30. The van der Waals surface area contributed by atoms with E-state index in [1.54, 1.807) is 0 Å². The van der Waals surface area contributed by atoms with Crippen molar-refractivity contribution in [2.24, 2.45) is 0 Å². The molecule has 0 N–H and O–H groups in total. The number of fused-ring (bicyclic) bond motifs is 3. The average Bonchev–Trinajstić information content (AvgIpc) is 2.83. The van der Waals surface area contributed by atoms with Crippen LogP contribution in [0.2, 0.25) is 0 Å². The van der Waals surface area contributed by atoms with E-state index >= 15 is 0 Å². The minimum absolute atomic E-state index is 0.803. The Balaban J connectivity index is 2.02. The van der Waals surface area contributed by atoms with Gasteiger partial charge in [0.15, 0.2) is 0 Å². The van der Waals surface area contributed by atoms with Gasteiger partial charge in [-0.1, -0.05) is 54.6 Å².